The zero-order valence-corrected chi connectivity index (χ0v) is 13.2. The van der Waals surface area contributed by atoms with E-state index in [0.717, 1.165) is 6.07 Å². The van der Waals surface area contributed by atoms with E-state index in [1.54, 1.807) is 27.0 Å². The van der Waals surface area contributed by atoms with Crippen LogP contribution in [-0.4, -0.2) is 28.4 Å². The van der Waals surface area contributed by atoms with E-state index in [1.807, 2.05) is 0 Å². The maximum absolute atomic E-state index is 12.3. The van der Waals surface area contributed by atoms with Crippen molar-refractivity contribution in [3.05, 3.63) is 47.0 Å². The molecule has 2 rings (SSSR count). The third-order valence-electron chi connectivity index (χ3n) is 2.68. The Labute approximate surface area is 128 Å². The number of hydrogen-bond donors (Lipinski definition) is 1. The number of nitrogens with zero attached hydrogens (tertiary/aromatic N) is 3. The molecule has 0 atom stereocenters. The fourth-order valence-corrected chi connectivity index (χ4v) is 3.34. The van der Waals surface area contributed by atoms with Crippen molar-refractivity contribution in [2.75, 3.05) is 0 Å². The van der Waals surface area contributed by atoms with Gasteiger partial charge in [-0.05, 0) is 32.9 Å². The van der Waals surface area contributed by atoms with Gasteiger partial charge in [0.15, 0.2) is 0 Å². The van der Waals surface area contributed by atoms with Gasteiger partial charge in [0.2, 0.25) is 10.0 Å². The summed E-state index contributed by atoms with van der Waals surface area (Å²) >= 11 is 0. The van der Waals surface area contributed by atoms with Gasteiger partial charge in [-0.2, -0.15) is 0 Å². The summed E-state index contributed by atoms with van der Waals surface area (Å²) in [5.41, 5.74) is -0.747. The molecule has 0 radical (unpaired) electrons. The van der Waals surface area contributed by atoms with E-state index >= 15 is 0 Å². The van der Waals surface area contributed by atoms with Gasteiger partial charge in [-0.3, -0.25) is 10.1 Å². The van der Waals surface area contributed by atoms with Crippen molar-refractivity contribution in [2.45, 2.75) is 31.2 Å². The molecule has 1 heterocycles. The Morgan fingerprint density at radius 1 is 1.32 bits per heavy atom. The third kappa shape index (κ3) is 3.49. The lowest BCUT2D eigenvalue weighted by Gasteiger charge is -2.20. The molecule has 0 amide bonds. The highest BCUT2D eigenvalue weighted by Gasteiger charge is 2.25. The largest absolute Gasteiger partial charge is 0.300 e. The summed E-state index contributed by atoms with van der Waals surface area (Å²) in [6.07, 6.45) is 4.43. The molecule has 1 N–H and O–H groups in total. The number of nitrogens with one attached hydrogen (secondary N) is 1. The number of hydrogen-bond acceptors (Lipinski definition) is 5. The second-order valence-corrected chi connectivity index (χ2v) is 7.42. The standard InChI is InChI=1S/C13H16N4O4S/c1-13(2,3)15-22(20,21)10-4-5-11(12(8-10)17(18)19)16-7-6-14-9-16/h4-9,15H,1-3H3. The van der Waals surface area contributed by atoms with Crippen LogP contribution < -0.4 is 4.72 Å². The molecule has 0 saturated heterocycles. The Morgan fingerprint density at radius 2 is 2.00 bits per heavy atom. The predicted octanol–water partition coefficient (Wildman–Crippen LogP) is 1.86. The summed E-state index contributed by atoms with van der Waals surface area (Å²) in [6.45, 7) is 5.08. The summed E-state index contributed by atoms with van der Waals surface area (Å²) in [7, 11) is -3.84. The summed E-state index contributed by atoms with van der Waals surface area (Å²) in [4.78, 5) is 14.3. The van der Waals surface area contributed by atoms with E-state index in [-0.39, 0.29) is 16.3 Å². The summed E-state index contributed by atoms with van der Waals surface area (Å²) < 4.78 is 28.4. The predicted molar refractivity (Wildman–Crippen MR) is 80.3 cm³/mol. The van der Waals surface area contributed by atoms with Gasteiger partial charge in [0, 0.05) is 24.0 Å². The molecule has 0 aliphatic heterocycles. The molecule has 9 heteroatoms. The molecule has 118 valence electrons. The Balaban J connectivity index is 2.54. The highest BCUT2D eigenvalue weighted by molar-refractivity contribution is 7.89. The van der Waals surface area contributed by atoms with Crippen LogP contribution in [0.5, 0.6) is 0 Å². The fraction of sp³-hybridized carbons (Fsp3) is 0.308. The molecule has 0 spiro atoms. The average Bonchev–Trinajstić information content (AvgIpc) is 2.88. The number of nitro benzene ring substituents is 1. The number of benzene rings is 1. The molecule has 1 aromatic heterocycles. The molecule has 2 aromatic rings. The van der Waals surface area contributed by atoms with E-state index in [0.29, 0.717) is 0 Å². The number of rotatable bonds is 4. The summed E-state index contributed by atoms with van der Waals surface area (Å²) in [5.74, 6) is 0. The first-order valence-corrected chi connectivity index (χ1v) is 7.89. The van der Waals surface area contributed by atoms with Gasteiger partial charge in [0.1, 0.15) is 5.69 Å². The molecule has 0 bridgehead atoms. The van der Waals surface area contributed by atoms with Crippen LogP contribution in [-0.2, 0) is 10.0 Å². The number of aromatic nitrogens is 2. The first-order valence-electron chi connectivity index (χ1n) is 6.41. The maximum Gasteiger partial charge on any atom is 0.294 e. The van der Waals surface area contributed by atoms with E-state index in [9.17, 15) is 18.5 Å². The topological polar surface area (TPSA) is 107 Å². The van der Waals surface area contributed by atoms with Crippen molar-refractivity contribution in [1.82, 2.24) is 14.3 Å². The Hall–Kier alpha value is -2.26. The van der Waals surface area contributed by atoms with Crippen molar-refractivity contribution in [1.29, 1.82) is 0 Å². The SMILES string of the molecule is CC(C)(C)NS(=O)(=O)c1ccc(-n2ccnc2)c([N+](=O)[O-])c1. The first kappa shape index (κ1) is 16.1. The first-order chi connectivity index (χ1) is 10.1. The summed E-state index contributed by atoms with van der Waals surface area (Å²) in [5, 5.41) is 11.2. The van der Waals surface area contributed by atoms with Crippen LogP contribution in [0.2, 0.25) is 0 Å². The minimum Gasteiger partial charge on any atom is -0.300 e. The maximum atomic E-state index is 12.3. The molecule has 0 fully saturated rings. The Morgan fingerprint density at radius 3 is 2.50 bits per heavy atom. The molecule has 8 nitrogen and oxygen atoms in total. The van der Waals surface area contributed by atoms with Gasteiger partial charge in [0.25, 0.3) is 5.69 Å². The normalized spacial score (nSPS) is 12.3. The highest BCUT2D eigenvalue weighted by atomic mass is 32.2. The lowest BCUT2D eigenvalue weighted by molar-refractivity contribution is -0.384. The zero-order valence-electron chi connectivity index (χ0n) is 12.3. The van der Waals surface area contributed by atoms with E-state index in [4.69, 9.17) is 0 Å². The third-order valence-corrected chi connectivity index (χ3v) is 4.43. The average molecular weight is 324 g/mol. The highest BCUT2D eigenvalue weighted by Crippen LogP contribution is 2.26. The van der Waals surface area contributed by atoms with Crippen LogP contribution in [0.4, 0.5) is 5.69 Å². The smallest absolute Gasteiger partial charge is 0.294 e. The van der Waals surface area contributed by atoms with Gasteiger partial charge in [0.05, 0.1) is 16.1 Å². The Kier molecular flexibility index (Phi) is 4.03. The van der Waals surface area contributed by atoms with Crippen LogP contribution in [0.3, 0.4) is 0 Å². The number of imidazole rings is 1. The minimum atomic E-state index is -3.84. The monoisotopic (exact) mass is 324 g/mol. The van der Waals surface area contributed by atoms with Crippen molar-refractivity contribution < 1.29 is 13.3 Å². The van der Waals surface area contributed by atoms with Crippen molar-refractivity contribution in [3.63, 3.8) is 0 Å². The van der Waals surface area contributed by atoms with Crippen LogP contribution in [0.15, 0.2) is 41.8 Å². The van der Waals surface area contributed by atoms with Crippen LogP contribution in [0, 0.1) is 10.1 Å². The molecule has 0 aliphatic rings. The van der Waals surface area contributed by atoms with Gasteiger partial charge < -0.3 is 4.57 Å². The fourth-order valence-electron chi connectivity index (χ4n) is 1.90. The van der Waals surface area contributed by atoms with E-state index in [2.05, 4.69) is 9.71 Å². The summed E-state index contributed by atoms with van der Waals surface area (Å²) in [6, 6.07) is 3.76. The Bertz CT molecular complexity index is 792. The minimum absolute atomic E-state index is 0.155. The lowest BCUT2D eigenvalue weighted by Crippen LogP contribution is -2.40. The van der Waals surface area contributed by atoms with Gasteiger partial charge >= 0.3 is 0 Å². The molecule has 22 heavy (non-hydrogen) atoms. The molecule has 0 unspecified atom stereocenters. The van der Waals surface area contributed by atoms with Crippen LogP contribution in [0.25, 0.3) is 5.69 Å². The van der Waals surface area contributed by atoms with Gasteiger partial charge in [-0.15, -0.1) is 0 Å². The lowest BCUT2D eigenvalue weighted by atomic mass is 10.1. The van der Waals surface area contributed by atoms with Gasteiger partial charge in [-0.1, -0.05) is 0 Å². The molecular weight excluding hydrogens is 308 g/mol. The second kappa shape index (κ2) is 5.50. The van der Waals surface area contributed by atoms with Crippen molar-refractivity contribution in [2.24, 2.45) is 0 Å². The molecule has 0 saturated carbocycles. The molecule has 1 aromatic carbocycles. The molecule has 0 aliphatic carbocycles. The zero-order chi connectivity index (χ0) is 16.5. The van der Waals surface area contributed by atoms with Gasteiger partial charge in [-0.25, -0.2) is 18.1 Å². The van der Waals surface area contributed by atoms with Crippen LogP contribution >= 0.6 is 0 Å². The quantitative estimate of drug-likeness (QED) is 0.682. The van der Waals surface area contributed by atoms with E-state index in [1.165, 1.54) is 29.2 Å². The van der Waals surface area contributed by atoms with Crippen LogP contribution in [0.1, 0.15) is 20.8 Å². The van der Waals surface area contributed by atoms with E-state index < -0.39 is 20.5 Å². The number of nitro groups is 1. The number of sulfonamides is 1. The van der Waals surface area contributed by atoms with Crippen molar-refractivity contribution >= 4 is 15.7 Å². The molecular formula is C13H16N4O4S. The van der Waals surface area contributed by atoms with Crippen molar-refractivity contribution in [3.8, 4) is 5.69 Å². The second-order valence-electron chi connectivity index (χ2n) is 5.73.